The lowest BCUT2D eigenvalue weighted by Gasteiger charge is -2.15. The highest BCUT2D eigenvalue weighted by atomic mass is 35.5. The standard InChI is InChI=1S/C30H17ClO/c31-19-14-12-18(13-15-19)20-9-5-10-22-24-16-17-27-30(25-8-3-4-11-26(25)32-27)29(24)23-7-2-1-6-21(23)28(20)22/h1-17H. The van der Waals surface area contributed by atoms with Gasteiger partial charge in [0.2, 0.25) is 0 Å². The molecule has 0 radical (unpaired) electrons. The maximum atomic E-state index is 6.21. The van der Waals surface area contributed by atoms with Crippen molar-refractivity contribution in [3.8, 4) is 11.1 Å². The van der Waals surface area contributed by atoms with Crippen molar-refractivity contribution in [2.24, 2.45) is 0 Å². The Morgan fingerprint density at radius 1 is 0.438 bits per heavy atom. The third-order valence-corrected chi connectivity index (χ3v) is 6.77. The summed E-state index contributed by atoms with van der Waals surface area (Å²) in [6, 6.07) is 36.1. The second kappa shape index (κ2) is 6.59. The van der Waals surface area contributed by atoms with Crippen molar-refractivity contribution in [3.05, 3.63) is 108 Å². The Labute approximate surface area is 189 Å². The van der Waals surface area contributed by atoms with Crippen LogP contribution in [0.2, 0.25) is 5.02 Å². The van der Waals surface area contributed by atoms with Crippen molar-refractivity contribution >= 4 is 65.9 Å². The Bertz CT molecular complexity index is 1790. The molecule has 0 amide bonds. The molecule has 0 bridgehead atoms. The lowest BCUT2D eigenvalue weighted by molar-refractivity contribution is 0.669. The number of para-hydroxylation sites is 1. The first-order valence-electron chi connectivity index (χ1n) is 10.7. The lowest BCUT2D eigenvalue weighted by atomic mass is 9.88. The van der Waals surface area contributed by atoms with Crippen LogP contribution in [0.15, 0.2) is 108 Å². The van der Waals surface area contributed by atoms with Crippen molar-refractivity contribution in [3.63, 3.8) is 0 Å². The van der Waals surface area contributed by atoms with Crippen molar-refractivity contribution in [1.29, 1.82) is 0 Å². The molecular weight excluding hydrogens is 412 g/mol. The van der Waals surface area contributed by atoms with Crippen LogP contribution in [0.25, 0.3) is 65.4 Å². The molecule has 0 saturated carbocycles. The molecule has 0 saturated heterocycles. The molecule has 150 valence electrons. The van der Waals surface area contributed by atoms with Gasteiger partial charge in [-0.2, -0.15) is 0 Å². The van der Waals surface area contributed by atoms with Gasteiger partial charge in [-0.1, -0.05) is 84.4 Å². The Morgan fingerprint density at radius 3 is 1.84 bits per heavy atom. The molecule has 0 spiro atoms. The zero-order valence-electron chi connectivity index (χ0n) is 17.1. The van der Waals surface area contributed by atoms with Gasteiger partial charge < -0.3 is 4.42 Å². The molecule has 0 N–H and O–H groups in total. The van der Waals surface area contributed by atoms with E-state index in [0.717, 1.165) is 21.6 Å². The summed E-state index contributed by atoms with van der Waals surface area (Å²) in [6.45, 7) is 0. The minimum atomic E-state index is 0.749. The van der Waals surface area contributed by atoms with E-state index < -0.39 is 0 Å². The number of rotatable bonds is 1. The third-order valence-electron chi connectivity index (χ3n) is 6.52. The first kappa shape index (κ1) is 17.8. The Kier molecular flexibility index (Phi) is 3.67. The average molecular weight is 429 g/mol. The Balaban J connectivity index is 1.76. The van der Waals surface area contributed by atoms with Crippen LogP contribution >= 0.6 is 11.6 Å². The molecule has 6 aromatic carbocycles. The van der Waals surface area contributed by atoms with E-state index in [1.807, 2.05) is 24.3 Å². The van der Waals surface area contributed by atoms with E-state index in [-0.39, 0.29) is 0 Å². The van der Waals surface area contributed by atoms with Crippen LogP contribution in [0.5, 0.6) is 0 Å². The van der Waals surface area contributed by atoms with E-state index in [9.17, 15) is 0 Å². The number of fused-ring (bicyclic) bond motifs is 10. The SMILES string of the molecule is Clc1ccc(-c2cccc3c4ccc5oc6ccccc6c5c4c4ccccc4c23)cc1. The van der Waals surface area contributed by atoms with Gasteiger partial charge in [0.25, 0.3) is 0 Å². The molecule has 0 fully saturated rings. The molecule has 0 aliphatic carbocycles. The van der Waals surface area contributed by atoms with Crippen LogP contribution in [-0.2, 0) is 0 Å². The number of furan rings is 1. The maximum absolute atomic E-state index is 6.21. The summed E-state index contributed by atoms with van der Waals surface area (Å²) in [6.07, 6.45) is 0. The number of hydrogen-bond acceptors (Lipinski definition) is 1. The van der Waals surface area contributed by atoms with Gasteiger partial charge in [-0.15, -0.1) is 0 Å². The van der Waals surface area contributed by atoms with Gasteiger partial charge in [-0.25, -0.2) is 0 Å². The third kappa shape index (κ3) is 2.40. The lowest BCUT2D eigenvalue weighted by Crippen LogP contribution is -1.87. The monoisotopic (exact) mass is 428 g/mol. The Morgan fingerprint density at radius 2 is 1.06 bits per heavy atom. The topological polar surface area (TPSA) is 13.1 Å². The van der Waals surface area contributed by atoms with Crippen molar-refractivity contribution in [2.45, 2.75) is 0 Å². The van der Waals surface area contributed by atoms with Gasteiger partial charge in [0, 0.05) is 21.2 Å². The summed E-state index contributed by atoms with van der Waals surface area (Å²) in [5.41, 5.74) is 4.24. The highest BCUT2D eigenvalue weighted by molar-refractivity contribution is 6.36. The average Bonchev–Trinajstić information content (AvgIpc) is 3.23. The molecule has 1 aromatic heterocycles. The molecule has 1 nitrogen and oxygen atoms in total. The fourth-order valence-electron chi connectivity index (χ4n) is 5.18. The van der Waals surface area contributed by atoms with Crippen LogP contribution in [0.3, 0.4) is 0 Å². The van der Waals surface area contributed by atoms with Gasteiger partial charge in [-0.05, 0) is 68.4 Å². The summed E-state index contributed by atoms with van der Waals surface area (Å²) in [4.78, 5) is 0. The van der Waals surface area contributed by atoms with E-state index in [0.29, 0.717) is 0 Å². The smallest absolute Gasteiger partial charge is 0.136 e. The van der Waals surface area contributed by atoms with Crippen LogP contribution in [-0.4, -0.2) is 0 Å². The molecule has 0 aliphatic rings. The minimum absolute atomic E-state index is 0.749. The van der Waals surface area contributed by atoms with Crippen LogP contribution < -0.4 is 0 Å². The van der Waals surface area contributed by atoms with Crippen LogP contribution in [0.4, 0.5) is 0 Å². The molecule has 32 heavy (non-hydrogen) atoms. The minimum Gasteiger partial charge on any atom is -0.456 e. The fraction of sp³-hybridized carbons (Fsp3) is 0. The highest BCUT2D eigenvalue weighted by Gasteiger charge is 2.17. The predicted octanol–water partition coefficient (Wildman–Crippen LogP) is 9.37. The first-order valence-corrected chi connectivity index (χ1v) is 11.1. The highest BCUT2D eigenvalue weighted by Crippen LogP contribution is 2.44. The molecule has 0 atom stereocenters. The Hall–Kier alpha value is -3.81. The largest absolute Gasteiger partial charge is 0.456 e. The second-order valence-corrected chi connectivity index (χ2v) is 8.68. The number of benzene rings is 6. The number of halogens is 1. The van der Waals surface area contributed by atoms with Gasteiger partial charge in [0.05, 0.1) is 0 Å². The van der Waals surface area contributed by atoms with Crippen molar-refractivity contribution in [1.82, 2.24) is 0 Å². The molecule has 1 heterocycles. The molecule has 0 aliphatic heterocycles. The fourth-order valence-corrected chi connectivity index (χ4v) is 5.30. The molecule has 2 heteroatoms. The maximum Gasteiger partial charge on any atom is 0.136 e. The van der Waals surface area contributed by atoms with Crippen LogP contribution in [0, 0.1) is 0 Å². The number of hydrogen-bond donors (Lipinski definition) is 0. The quantitative estimate of drug-likeness (QED) is 0.237. The molecule has 7 rings (SSSR count). The van der Waals surface area contributed by atoms with Crippen LogP contribution in [0.1, 0.15) is 0 Å². The van der Waals surface area contributed by atoms with Gasteiger partial charge >= 0.3 is 0 Å². The summed E-state index contributed by atoms with van der Waals surface area (Å²) in [5.74, 6) is 0. The van der Waals surface area contributed by atoms with Crippen molar-refractivity contribution < 1.29 is 4.42 Å². The van der Waals surface area contributed by atoms with E-state index in [1.165, 1.54) is 48.8 Å². The molecule has 0 unspecified atom stereocenters. The first-order chi connectivity index (χ1) is 15.8. The van der Waals surface area contributed by atoms with E-state index in [4.69, 9.17) is 16.0 Å². The normalized spacial score (nSPS) is 11.9. The van der Waals surface area contributed by atoms with Gasteiger partial charge in [0.15, 0.2) is 0 Å². The van der Waals surface area contributed by atoms with E-state index >= 15 is 0 Å². The summed E-state index contributed by atoms with van der Waals surface area (Å²) in [5, 5.41) is 10.6. The zero-order chi connectivity index (χ0) is 21.2. The summed E-state index contributed by atoms with van der Waals surface area (Å²) < 4.78 is 6.21. The predicted molar refractivity (Wildman–Crippen MR) is 137 cm³/mol. The molecule has 7 aromatic rings. The summed E-state index contributed by atoms with van der Waals surface area (Å²) >= 11 is 6.17. The summed E-state index contributed by atoms with van der Waals surface area (Å²) in [7, 11) is 0. The molecular formula is C30H17ClO. The van der Waals surface area contributed by atoms with Gasteiger partial charge in [0.1, 0.15) is 11.2 Å². The second-order valence-electron chi connectivity index (χ2n) is 8.24. The van der Waals surface area contributed by atoms with Crippen molar-refractivity contribution in [2.75, 3.05) is 0 Å². The van der Waals surface area contributed by atoms with E-state index in [2.05, 4.69) is 78.9 Å². The zero-order valence-corrected chi connectivity index (χ0v) is 17.9. The van der Waals surface area contributed by atoms with Gasteiger partial charge in [-0.3, -0.25) is 0 Å². The van der Waals surface area contributed by atoms with E-state index in [1.54, 1.807) is 0 Å².